The lowest BCUT2D eigenvalue weighted by atomic mass is 9.71. The Kier molecular flexibility index (Phi) is 5.29. The van der Waals surface area contributed by atoms with Gasteiger partial charge in [-0.2, -0.15) is 0 Å². The highest BCUT2D eigenvalue weighted by molar-refractivity contribution is 5.64. The van der Waals surface area contributed by atoms with Gasteiger partial charge in [0.25, 0.3) is 0 Å². The van der Waals surface area contributed by atoms with E-state index in [2.05, 4.69) is 74.5 Å². The van der Waals surface area contributed by atoms with Gasteiger partial charge in [0.1, 0.15) is 0 Å². The lowest BCUT2D eigenvalue weighted by Crippen LogP contribution is -2.22. The van der Waals surface area contributed by atoms with Crippen LogP contribution in [0.25, 0.3) is 11.1 Å². The Balaban J connectivity index is 1.37. The van der Waals surface area contributed by atoms with E-state index in [1.54, 1.807) is 5.56 Å². The van der Waals surface area contributed by atoms with Crippen LogP contribution in [-0.2, 0) is 0 Å². The molecule has 0 radical (unpaired) electrons. The van der Waals surface area contributed by atoms with Crippen molar-refractivity contribution in [2.45, 2.75) is 58.3 Å². The van der Waals surface area contributed by atoms with E-state index < -0.39 is 0 Å². The number of allylic oxidation sites excluding steroid dienone is 2. The number of aryl methyl sites for hydroxylation is 1. The summed E-state index contributed by atoms with van der Waals surface area (Å²) in [6.45, 7) is 4.50. The first kappa shape index (κ1) is 17.6. The van der Waals surface area contributed by atoms with Crippen molar-refractivity contribution in [2.24, 2.45) is 17.8 Å². The largest absolute Gasteiger partial charge is 0.0854 e. The minimum atomic E-state index is 0.768. The van der Waals surface area contributed by atoms with Gasteiger partial charge in [-0.1, -0.05) is 73.2 Å². The molecule has 0 heteroatoms. The van der Waals surface area contributed by atoms with Crippen molar-refractivity contribution >= 4 is 0 Å². The van der Waals surface area contributed by atoms with E-state index in [4.69, 9.17) is 0 Å². The van der Waals surface area contributed by atoms with Crippen molar-refractivity contribution in [1.82, 2.24) is 0 Å². The third kappa shape index (κ3) is 3.95. The first-order valence-electron chi connectivity index (χ1n) is 10.5. The van der Waals surface area contributed by atoms with Crippen LogP contribution in [0, 0.1) is 24.7 Å². The standard InChI is InChI=1S/C26H32/c1-19-3-7-21(8-4-19)23-11-15-25(16-12-23)26-17-13-24(14-18-26)22-9-5-20(2)6-10-22/h3-5,7-9,11-12,15-16,20,22,24,26H,6,10,13-14,17-18H2,1-2H3. The number of benzene rings is 2. The van der Waals surface area contributed by atoms with Gasteiger partial charge in [0, 0.05) is 0 Å². The van der Waals surface area contributed by atoms with Gasteiger partial charge < -0.3 is 0 Å². The van der Waals surface area contributed by atoms with E-state index in [1.165, 1.54) is 55.2 Å². The molecule has 0 aromatic heterocycles. The molecule has 0 aliphatic heterocycles. The van der Waals surface area contributed by atoms with Crippen LogP contribution < -0.4 is 0 Å². The van der Waals surface area contributed by atoms with Gasteiger partial charge in [-0.05, 0) is 85.8 Å². The van der Waals surface area contributed by atoms with E-state index >= 15 is 0 Å². The quantitative estimate of drug-likeness (QED) is 0.504. The number of hydrogen-bond donors (Lipinski definition) is 0. The Morgan fingerprint density at radius 1 is 0.654 bits per heavy atom. The normalized spacial score (nSPS) is 28.8. The van der Waals surface area contributed by atoms with Crippen LogP contribution in [0.2, 0.25) is 0 Å². The zero-order valence-corrected chi connectivity index (χ0v) is 16.3. The van der Waals surface area contributed by atoms with Crippen LogP contribution in [0.4, 0.5) is 0 Å². The smallest absolute Gasteiger partial charge is 0.0162 e. The topological polar surface area (TPSA) is 0 Å². The summed E-state index contributed by atoms with van der Waals surface area (Å²) in [5.41, 5.74) is 5.53. The summed E-state index contributed by atoms with van der Waals surface area (Å²) in [6.07, 6.45) is 13.4. The van der Waals surface area contributed by atoms with Gasteiger partial charge in [-0.3, -0.25) is 0 Å². The fourth-order valence-electron chi connectivity index (χ4n) is 4.95. The van der Waals surface area contributed by atoms with Gasteiger partial charge in [-0.15, -0.1) is 0 Å². The second kappa shape index (κ2) is 7.82. The number of hydrogen-bond acceptors (Lipinski definition) is 0. The Hall–Kier alpha value is -1.82. The second-order valence-corrected chi connectivity index (χ2v) is 8.70. The van der Waals surface area contributed by atoms with Crippen LogP contribution >= 0.6 is 0 Å². The number of rotatable bonds is 3. The van der Waals surface area contributed by atoms with E-state index in [1.807, 2.05) is 0 Å². The molecule has 2 aromatic carbocycles. The minimum Gasteiger partial charge on any atom is -0.0854 e. The predicted molar refractivity (Wildman–Crippen MR) is 112 cm³/mol. The average molecular weight is 345 g/mol. The van der Waals surface area contributed by atoms with Crippen molar-refractivity contribution in [3.8, 4) is 11.1 Å². The molecule has 0 N–H and O–H groups in total. The fourth-order valence-corrected chi connectivity index (χ4v) is 4.95. The molecule has 0 nitrogen and oxygen atoms in total. The molecule has 4 rings (SSSR count). The van der Waals surface area contributed by atoms with Gasteiger partial charge >= 0.3 is 0 Å². The molecule has 1 fully saturated rings. The Labute approximate surface area is 159 Å². The van der Waals surface area contributed by atoms with Crippen molar-refractivity contribution in [3.63, 3.8) is 0 Å². The molecule has 0 bridgehead atoms. The molecule has 26 heavy (non-hydrogen) atoms. The summed E-state index contributed by atoms with van der Waals surface area (Å²) in [5.74, 6) is 3.36. The maximum atomic E-state index is 2.54. The molecule has 2 unspecified atom stereocenters. The molecule has 0 amide bonds. The van der Waals surface area contributed by atoms with Crippen molar-refractivity contribution in [3.05, 3.63) is 71.8 Å². The Morgan fingerprint density at radius 2 is 1.27 bits per heavy atom. The third-order valence-electron chi connectivity index (χ3n) is 6.79. The lowest BCUT2D eigenvalue weighted by molar-refractivity contribution is 0.242. The molecule has 0 saturated heterocycles. The molecular weight excluding hydrogens is 312 g/mol. The van der Waals surface area contributed by atoms with Crippen LogP contribution in [0.1, 0.15) is 62.5 Å². The summed E-state index contributed by atoms with van der Waals surface area (Å²) in [4.78, 5) is 0. The van der Waals surface area contributed by atoms with Gasteiger partial charge in [0.2, 0.25) is 0 Å². The molecule has 136 valence electrons. The predicted octanol–water partition coefficient (Wildman–Crippen LogP) is 7.54. The summed E-state index contributed by atoms with van der Waals surface area (Å²) < 4.78 is 0. The van der Waals surface area contributed by atoms with E-state index in [-0.39, 0.29) is 0 Å². The summed E-state index contributed by atoms with van der Waals surface area (Å²) >= 11 is 0. The lowest BCUT2D eigenvalue weighted by Gasteiger charge is -2.35. The Bertz CT molecular complexity index is 727. The molecule has 1 saturated carbocycles. The van der Waals surface area contributed by atoms with Crippen LogP contribution in [0.15, 0.2) is 60.7 Å². The van der Waals surface area contributed by atoms with Crippen LogP contribution in [0.3, 0.4) is 0 Å². The Morgan fingerprint density at radius 3 is 1.85 bits per heavy atom. The molecule has 2 aliphatic carbocycles. The van der Waals surface area contributed by atoms with Crippen molar-refractivity contribution in [1.29, 1.82) is 0 Å². The summed E-state index contributed by atoms with van der Waals surface area (Å²) in [7, 11) is 0. The average Bonchev–Trinajstić information content (AvgIpc) is 2.70. The maximum absolute atomic E-state index is 2.54. The molecule has 2 aromatic rings. The molecule has 2 atom stereocenters. The highest BCUT2D eigenvalue weighted by Crippen LogP contribution is 2.42. The summed E-state index contributed by atoms with van der Waals surface area (Å²) in [6, 6.07) is 18.2. The van der Waals surface area contributed by atoms with Gasteiger partial charge in [0.05, 0.1) is 0 Å². The minimum absolute atomic E-state index is 0.768. The zero-order chi connectivity index (χ0) is 17.9. The van der Waals surface area contributed by atoms with Crippen molar-refractivity contribution < 1.29 is 0 Å². The van der Waals surface area contributed by atoms with E-state index in [0.29, 0.717) is 0 Å². The first-order valence-corrected chi connectivity index (χ1v) is 10.5. The third-order valence-corrected chi connectivity index (χ3v) is 6.79. The molecular formula is C26H32. The zero-order valence-electron chi connectivity index (χ0n) is 16.3. The second-order valence-electron chi connectivity index (χ2n) is 8.70. The van der Waals surface area contributed by atoms with Crippen LogP contribution in [0.5, 0.6) is 0 Å². The van der Waals surface area contributed by atoms with Gasteiger partial charge in [-0.25, -0.2) is 0 Å². The fraction of sp³-hybridized carbons (Fsp3) is 0.462. The molecule has 0 heterocycles. The first-order chi connectivity index (χ1) is 12.7. The highest BCUT2D eigenvalue weighted by atomic mass is 14.3. The monoisotopic (exact) mass is 344 g/mol. The van der Waals surface area contributed by atoms with Crippen molar-refractivity contribution in [2.75, 3.05) is 0 Å². The van der Waals surface area contributed by atoms with E-state index in [0.717, 1.165) is 23.7 Å². The van der Waals surface area contributed by atoms with E-state index in [9.17, 15) is 0 Å². The maximum Gasteiger partial charge on any atom is -0.0162 e. The van der Waals surface area contributed by atoms with Crippen LogP contribution in [-0.4, -0.2) is 0 Å². The summed E-state index contributed by atoms with van der Waals surface area (Å²) in [5, 5.41) is 0. The SMILES string of the molecule is Cc1ccc(-c2ccc(C3CCC(C4C=CC(C)CC4)CC3)cc2)cc1. The highest BCUT2D eigenvalue weighted by Gasteiger charge is 2.28. The molecule has 2 aliphatic rings. The van der Waals surface area contributed by atoms with Gasteiger partial charge in [0.15, 0.2) is 0 Å². The molecule has 0 spiro atoms.